The SMILES string of the molecule is CC(=O)c1ccc(NC2CCN(Cc3ccccc3)CC2)c([N+](=O)[O-])c1. The van der Waals surface area contributed by atoms with Crippen molar-refractivity contribution in [3.63, 3.8) is 0 Å². The van der Waals surface area contributed by atoms with Gasteiger partial charge in [0.15, 0.2) is 5.78 Å². The molecule has 6 heteroatoms. The molecular formula is C20H23N3O3. The summed E-state index contributed by atoms with van der Waals surface area (Å²) in [5, 5.41) is 14.6. The van der Waals surface area contributed by atoms with E-state index in [0.29, 0.717) is 11.3 Å². The Hall–Kier alpha value is -2.73. The maximum atomic E-state index is 11.5. The number of nitrogens with one attached hydrogen (secondary N) is 1. The number of nitrogens with zero attached hydrogens (tertiary/aromatic N) is 2. The lowest BCUT2D eigenvalue weighted by atomic mass is 10.0. The summed E-state index contributed by atoms with van der Waals surface area (Å²) < 4.78 is 0. The molecule has 0 radical (unpaired) electrons. The van der Waals surface area contributed by atoms with Gasteiger partial charge in [0.25, 0.3) is 5.69 Å². The molecule has 0 aliphatic carbocycles. The first-order valence-corrected chi connectivity index (χ1v) is 8.85. The van der Waals surface area contributed by atoms with E-state index in [-0.39, 0.29) is 17.5 Å². The molecule has 1 heterocycles. The molecule has 136 valence electrons. The summed E-state index contributed by atoms with van der Waals surface area (Å²) in [4.78, 5) is 24.8. The van der Waals surface area contributed by atoms with Crippen molar-refractivity contribution in [3.05, 3.63) is 69.8 Å². The first-order valence-electron chi connectivity index (χ1n) is 8.85. The number of likely N-dealkylation sites (tertiary alicyclic amines) is 1. The normalized spacial score (nSPS) is 15.6. The highest BCUT2D eigenvalue weighted by atomic mass is 16.6. The fourth-order valence-electron chi connectivity index (χ4n) is 3.32. The Morgan fingerprint density at radius 2 is 1.88 bits per heavy atom. The molecule has 1 saturated heterocycles. The zero-order chi connectivity index (χ0) is 18.5. The van der Waals surface area contributed by atoms with Gasteiger partial charge in [0.2, 0.25) is 0 Å². The van der Waals surface area contributed by atoms with E-state index in [2.05, 4.69) is 22.3 Å². The molecule has 1 N–H and O–H groups in total. The van der Waals surface area contributed by atoms with Gasteiger partial charge in [-0.2, -0.15) is 0 Å². The number of nitro benzene ring substituents is 1. The van der Waals surface area contributed by atoms with Crippen molar-refractivity contribution in [3.8, 4) is 0 Å². The molecule has 1 aliphatic rings. The molecule has 0 amide bonds. The van der Waals surface area contributed by atoms with Crippen LogP contribution in [0.3, 0.4) is 0 Å². The lowest BCUT2D eigenvalue weighted by molar-refractivity contribution is -0.384. The van der Waals surface area contributed by atoms with Crippen LogP contribution in [0.25, 0.3) is 0 Å². The highest BCUT2D eigenvalue weighted by molar-refractivity contribution is 5.95. The van der Waals surface area contributed by atoms with Crippen LogP contribution >= 0.6 is 0 Å². The van der Waals surface area contributed by atoms with Crippen LogP contribution in [0.2, 0.25) is 0 Å². The lowest BCUT2D eigenvalue weighted by Crippen LogP contribution is -2.38. The second-order valence-electron chi connectivity index (χ2n) is 6.73. The first kappa shape index (κ1) is 18.1. The van der Waals surface area contributed by atoms with Crippen molar-refractivity contribution in [1.29, 1.82) is 0 Å². The number of benzene rings is 2. The number of hydrogen-bond acceptors (Lipinski definition) is 5. The predicted octanol–water partition coefficient (Wildman–Crippen LogP) is 3.87. The first-order chi connectivity index (χ1) is 12.5. The monoisotopic (exact) mass is 353 g/mol. The van der Waals surface area contributed by atoms with Crippen molar-refractivity contribution < 1.29 is 9.72 Å². The average molecular weight is 353 g/mol. The highest BCUT2D eigenvalue weighted by Gasteiger charge is 2.23. The molecule has 0 saturated carbocycles. The van der Waals surface area contributed by atoms with Crippen LogP contribution in [-0.4, -0.2) is 34.7 Å². The van der Waals surface area contributed by atoms with E-state index in [0.717, 1.165) is 32.5 Å². The average Bonchev–Trinajstić information content (AvgIpc) is 2.64. The van der Waals surface area contributed by atoms with Gasteiger partial charge in [-0.1, -0.05) is 30.3 Å². The smallest absolute Gasteiger partial charge is 0.293 e. The Bertz CT molecular complexity index is 784. The van der Waals surface area contributed by atoms with Crippen molar-refractivity contribution in [2.24, 2.45) is 0 Å². The molecule has 1 aliphatic heterocycles. The van der Waals surface area contributed by atoms with Crippen molar-refractivity contribution in [2.45, 2.75) is 32.4 Å². The van der Waals surface area contributed by atoms with Crippen molar-refractivity contribution in [1.82, 2.24) is 4.90 Å². The molecule has 0 unspecified atom stereocenters. The number of carbonyl (C=O) groups excluding carboxylic acids is 1. The number of Topliss-reactive ketones (excluding diaryl/α,β-unsaturated/α-hetero) is 1. The number of rotatable bonds is 6. The molecule has 6 nitrogen and oxygen atoms in total. The Balaban J connectivity index is 1.61. The number of piperidine rings is 1. The Kier molecular flexibility index (Phi) is 5.63. The molecule has 2 aromatic carbocycles. The topological polar surface area (TPSA) is 75.5 Å². The highest BCUT2D eigenvalue weighted by Crippen LogP contribution is 2.28. The van der Waals surface area contributed by atoms with Gasteiger partial charge in [-0.3, -0.25) is 19.8 Å². The van der Waals surface area contributed by atoms with E-state index in [1.54, 1.807) is 12.1 Å². The van der Waals surface area contributed by atoms with Crippen molar-refractivity contribution >= 4 is 17.2 Å². The largest absolute Gasteiger partial charge is 0.377 e. The lowest BCUT2D eigenvalue weighted by Gasteiger charge is -2.32. The number of anilines is 1. The predicted molar refractivity (Wildman–Crippen MR) is 101 cm³/mol. The number of carbonyl (C=O) groups is 1. The van der Waals surface area contributed by atoms with Gasteiger partial charge in [0.1, 0.15) is 5.69 Å². The van der Waals surface area contributed by atoms with Crippen LogP contribution in [0.1, 0.15) is 35.7 Å². The summed E-state index contributed by atoms with van der Waals surface area (Å²) >= 11 is 0. The van der Waals surface area contributed by atoms with E-state index in [9.17, 15) is 14.9 Å². The fourth-order valence-corrected chi connectivity index (χ4v) is 3.32. The Morgan fingerprint density at radius 3 is 2.50 bits per heavy atom. The summed E-state index contributed by atoms with van der Waals surface area (Å²) in [6, 6.07) is 15.2. The summed E-state index contributed by atoms with van der Waals surface area (Å²) in [5.41, 5.74) is 2.11. The molecule has 0 spiro atoms. The maximum Gasteiger partial charge on any atom is 0.293 e. The molecule has 0 bridgehead atoms. The van der Waals surface area contributed by atoms with Crippen LogP contribution in [-0.2, 0) is 6.54 Å². The van der Waals surface area contributed by atoms with Gasteiger partial charge in [-0.15, -0.1) is 0 Å². The second kappa shape index (κ2) is 8.10. The zero-order valence-electron chi connectivity index (χ0n) is 14.9. The van der Waals surface area contributed by atoms with E-state index in [4.69, 9.17) is 0 Å². The van der Waals surface area contributed by atoms with Gasteiger partial charge in [-0.05, 0) is 37.5 Å². The van der Waals surface area contributed by atoms with Crippen LogP contribution in [0.4, 0.5) is 11.4 Å². The van der Waals surface area contributed by atoms with Gasteiger partial charge in [0, 0.05) is 37.3 Å². The minimum absolute atomic E-state index is 0.0376. The number of hydrogen-bond donors (Lipinski definition) is 1. The van der Waals surface area contributed by atoms with Gasteiger partial charge >= 0.3 is 0 Å². The molecule has 26 heavy (non-hydrogen) atoms. The summed E-state index contributed by atoms with van der Waals surface area (Å²) in [6.45, 7) is 4.24. The van der Waals surface area contributed by atoms with E-state index >= 15 is 0 Å². The van der Waals surface area contributed by atoms with E-state index < -0.39 is 4.92 Å². The molecule has 0 atom stereocenters. The van der Waals surface area contributed by atoms with Crippen LogP contribution in [0.15, 0.2) is 48.5 Å². The maximum absolute atomic E-state index is 11.5. The van der Waals surface area contributed by atoms with E-state index in [1.807, 2.05) is 18.2 Å². The molecule has 2 aromatic rings. The zero-order valence-corrected chi connectivity index (χ0v) is 14.9. The van der Waals surface area contributed by atoms with Crippen LogP contribution in [0.5, 0.6) is 0 Å². The second-order valence-corrected chi connectivity index (χ2v) is 6.73. The number of nitro groups is 1. The van der Waals surface area contributed by atoms with Gasteiger partial charge in [-0.25, -0.2) is 0 Å². The van der Waals surface area contributed by atoms with Gasteiger partial charge in [0.05, 0.1) is 4.92 Å². The van der Waals surface area contributed by atoms with Crippen LogP contribution in [0, 0.1) is 10.1 Å². The minimum atomic E-state index is -0.431. The third-order valence-electron chi connectivity index (χ3n) is 4.80. The van der Waals surface area contributed by atoms with Crippen molar-refractivity contribution in [2.75, 3.05) is 18.4 Å². The van der Waals surface area contributed by atoms with Crippen LogP contribution < -0.4 is 5.32 Å². The number of ketones is 1. The third-order valence-corrected chi connectivity index (χ3v) is 4.80. The fraction of sp³-hybridized carbons (Fsp3) is 0.350. The molecule has 0 aromatic heterocycles. The quantitative estimate of drug-likeness (QED) is 0.485. The van der Waals surface area contributed by atoms with E-state index in [1.165, 1.54) is 18.6 Å². The third kappa shape index (κ3) is 4.46. The summed E-state index contributed by atoms with van der Waals surface area (Å²) in [5.74, 6) is -0.172. The molecule has 1 fully saturated rings. The standard InChI is InChI=1S/C20H23N3O3/c1-15(24)17-7-8-19(20(13-17)23(25)26)21-18-9-11-22(12-10-18)14-16-5-3-2-4-6-16/h2-8,13,18,21H,9-12,14H2,1H3. The molecule has 3 rings (SSSR count). The Morgan fingerprint density at radius 1 is 1.19 bits per heavy atom. The summed E-state index contributed by atoms with van der Waals surface area (Å²) in [6.07, 6.45) is 1.86. The Labute approximate surface area is 153 Å². The minimum Gasteiger partial charge on any atom is -0.377 e. The summed E-state index contributed by atoms with van der Waals surface area (Å²) in [7, 11) is 0. The van der Waals surface area contributed by atoms with Gasteiger partial charge < -0.3 is 5.32 Å². The molecular weight excluding hydrogens is 330 g/mol.